The standard InChI is InChI=1S/C19H14BrClN4OS/c1-11-8-17-23-24-19(25(17)16-7-4-13(21)9-15(11)16)27-10-18(26)22-14-5-2-12(20)3-6-14/h2-9H,10H2,1H3,(H,22,26). The Bertz CT molecular complexity index is 1160. The maximum absolute atomic E-state index is 12.3. The third-order valence-corrected chi connectivity index (χ3v) is 5.78. The van der Waals surface area contributed by atoms with E-state index >= 15 is 0 Å². The van der Waals surface area contributed by atoms with Crippen LogP contribution in [-0.4, -0.2) is 26.3 Å². The van der Waals surface area contributed by atoms with Gasteiger partial charge in [0.05, 0.1) is 11.3 Å². The summed E-state index contributed by atoms with van der Waals surface area (Å²) in [7, 11) is 0. The van der Waals surface area contributed by atoms with Crippen LogP contribution in [-0.2, 0) is 4.79 Å². The lowest BCUT2D eigenvalue weighted by Gasteiger charge is -2.08. The number of hydrogen-bond donors (Lipinski definition) is 1. The summed E-state index contributed by atoms with van der Waals surface area (Å²) in [6.07, 6.45) is 0. The number of rotatable bonds is 4. The van der Waals surface area contributed by atoms with E-state index in [1.165, 1.54) is 11.8 Å². The molecule has 0 aliphatic heterocycles. The van der Waals surface area contributed by atoms with Crippen molar-refractivity contribution in [3.05, 3.63) is 63.6 Å². The number of amides is 1. The zero-order valence-electron chi connectivity index (χ0n) is 14.2. The molecule has 0 saturated heterocycles. The van der Waals surface area contributed by atoms with Crippen molar-refractivity contribution in [2.75, 3.05) is 11.1 Å². The normalized spacial score (nSPS) is 11.2. The number of aromatic nitrogens is 3. The minimum absolute atomic E-state index is 0.0986. The molecule has 4 rings (SSSR count). The fraction of sp³-hybridized carbons (Fsp3) is 0.105. The van der Waals surface area contributed by atoms with E-state index in [1.54, 1.807) is 0 Å². The van der Waals surface area contributed by atoms with Crippen molar-refractivity contribution in [3.8, 4) is 0 Å². The number of carbonyl (C=O) groups is 1. The molecule has 27 heavy (non-hydrogen) atoms. The van der Waals surface area contributed by atoms with Gasteiger partial charge < -0.3 is 5.32 Å². The summed E-state index contributed by atoms with van der Waals surface area (Å²) >= 11 is 10.9. The topological polar surface area (TPSA) is 59.3 Å². The van der Waals surface area contributed by atoms with Gasteiger partial charge in [0.1, 0.15) is 0 Å². The van der Waals surface area contributed by atoms with E-state index in [2.05, 4.69) is 31.4 Å². The molecule has 136 valence electrons. The Morgan fingerprint density at radius 3 is 2.74 bits per heavy atom. The lowest BCUT2D eigenvalue weighted by molar-refractivity contribution is -0.113. The first kappa shape index (κ1) is 18.3. The first-order valence-corrected chi connectivity index (χ1v) is 10.3. The van der Waals surface area contributed by atoms with E-state index < -0.39 is 0 Å². The molecule has 0 aliphatic rings. The number of anilines is 1. The van der Waals surface area contributed by atoms with Crippen molar-refractivity contribution in [2.45, 2.75) is 12.1 Å². The first-order valence-electron chi connectivity index (χ1n) is 8.13. The number of hydrogen-bond acceptors (Lipinski definition) is 4. The Hall–Kier alpha value is -2.09. The highest BCUT2D eigenvalue weighted by Gasteiger charge is 2.13. The number of benzene rings is 2. The average molecular weight is 462 g/mol. The minimum Gasteiger partial charge on any atom is -0.325 e. The van der Waals surface area contributed by atoms with E-state index in [-0.39, 0.29) is 11.7 Å². The monoisotopic (exact) mass is 460 g/mol. The minimum atomic E-state index is -0.0986. The van der Waals surface area contributed by atoms with Gasteiger partial charge in [-0.1, -0.05) is 39.3 Å². The Kier molecular flexibility index (Phi) is 5.08. The van der Waals surface area contributed by atoms with E-state index in [4.69, 9.17) is 11.6 Å². The fourth-order valence-electron chi connectivity index (χ4n) is 2.85. The molecular weight excluding hydrogens is 448 g/mol. The molecule has 1 amide bonds. The Morgan fingerprint density at radius 2 is 1.96 bits per heavy atom. The molecule has 0 radical (unpaired) electrons. The predicted octanol–water partition coefficient (Wildman–Crippen LogP) is 5.34. The molecule has 4 aromatic rings. The molecule has 0 aliphatic carbocycles. The van der Waals surface area contributed by atoms with Gasteiger partial charge in [-0.2, -0.15) is 0 Å². The summed E-state index contributed by atoms with van der Waals surface area (Å²) in [5.41, 5.74) is 3.55. The maximum Gasteiger partial charge on any atom is 0.234 e. The van der Waals surface area contributed by atoms with Crippen LogP contribution in [0.2, 0.25) is 5.02 Å². The van der Waals surface area contributed by atoms with Crippen molar-refractivity contribution in [1.29, 1.82) is 0 Å². The van der Waals surface area contributed by atoms with Crippen LogP contribution in [0.5, 0.6) is 0 Å². The Labute approximate surface area is 173 Å². The van der Waals surface area contributed by atoms with E-state index in [0.717, 1.165) is 32.3 Å². The first-order chi connectivity index (χ1) is 13.0. The summed E-state index contributed by atoms with van der Waals surface area (Å²) in [5, 5.41) is 13.8. The van der Waals surface area contributed by atoms with Crippen LogP contribution >= 0.6 is 39.3 Å². The highest BCUT2D eigenvalue weighted by Crippen LogP contribution is 2.28. The van der Waals surface area contributed by atoms with Gasteiger partial charge in [0.25, 0.3) is 0 Å². The second kappa shape index (κ2) is 7.50. The molecule has 2 aromatic heterocycles. The Morgan fingerprint density at radius 1 is 1.19 bits per heavy atom. The van der Waals surface area contributed by atoms with Crippen LogP contribution in [0, 0.1) is 6.92 Å². The number of nitrogens with one attached hydrogen (secondary N) is 1. The summed E-state index contributed by atoms with van der Waals surface area (Å²) in [5.74, 6) is 0.137. The molecule has 2 heterocycles. The van der Waals surface area contributed by atoms with Crippen LogP contribution in [0.1, 0.15) is 5.56 Å². The van der Waals surface area contributed by atoms with Crippen molar-refractivity contribution < 1.29 is 4.79 Å². The molecule has 0 fully saturated rings. The van der Waals surface area contributed by atoms with Gasteiger partial charge in [0, 0.05) is 20.6 Å². The maximum atomic E-state index is 12.3. The second-order valence-corrected chi connectivity index (χ2v) is 8.30. The quantitative estimate of drug-likeness (QED) is 0.417. The molecule has 1 N–H and O–H groups in total. The number of fused-ring (bicyclic) bond motifs is 3. The van der Waals surface area contributed by atoms with Gasteiger partial charge in [-0.05, 0) is 61.0 Å². The average Bonchev–Trinajstić information content (AvgIpc) is 3.05. The third-order valence-electron chi connectivity index (χ3n) is 4.09. The van der Waals surface area contributed by atoms with Crippen LogP contribution in [0.4, 0.5) is 5.69 Å². The lowest BCUT2D eigenvalue weighted by atomic mass is 10.1. The van der Waals surface area contributed by atoms with Crippen LogP contribution in [0.25, 0.3) is 16.6 Å². The second-order valence-electron chi connectivity index (χ2n) is 6.01. The number of aryl methyl sites for hydroxylation is 1. The molecule has 0 atom stereocenters. The molecule has 5 nitrogen and oxygen atoms in total. The van der Waals surface area contributed by atoms with Gasteiger partial charge in [-0.15, -0.1) is 10.2 Å². The smallest absolute Gasteiger partial charge is 0.234 e. The van der Waals surface area contributed by atoms with Gasteiger partial charge in [0.15, 0.2) is 10.8 Å². The number of nitrogens with zero attached hydrogens (tertiary/aromatic N) is 3. The molecule has 0 spiro atoms. The van der Waals surface area contributed by atoms with Crippen molar-refractivity contribution >= 4 is 67.4 Å². The Balaban J connectivity index is 1.59. The highest BCUT2D eigenvalue weighted by atomic mass is 79.9. The van der Waals surface area contributed by atoms with Crippen molar-refractivity contribution in [1.82, 2.24) is 14.6 Å². The zero-order valence-corrected chi connectivity index (χ0v) is 17.4. The van der Waals surface area contributed by atoms with Gasteiger partial charge >= 0.3 is 0 Å². The largest absolute Gasteiger partial charge is 0.325 e. The van der Waals surface area contributed by atoms with Gasteiger partial charge in [0.2, 0.25) is 5.91 Å². The highest BCUT2D eigenvalue weighted by molar-refractivity contribution is 9.10. The third kappa shape index (κ3) is 3.81. The number of carbonyl (C=O) groups excluding carboxylic acids is 1. The summed E-state index contributed by atoms with van der Waals surface area (Å²) < 4.78 is 2.92. The van der Waals surface area contributed by atoms with Gasteiger partial charge in [-0.3, -0.25) is 9.20 Å². The van der Waals surface area contributed by atoms with Gasteiger partial charge in [-0.25, -0.2) is 0 Å². The van der Waals surface area contributed by atoms with Crippen LogP contribution in [0.3, 0.4) is 0 Å². The molecule has 8 heteroatoms. The summed E-state index contributed by atoms with van der Waals surface area (Å²) in [6, 6.07) is 15.2. The zero-order chi connectivity index (χ0) is 19.0. The van der Waals surface area contributed by atoms with E-state index in [0.29, 0.717) is 10.2 Å². The summed E-state index contributed by atoms with van der Waals surface area (Å²) in [6.45, 7) is 2.02. The van der Waals surface area contributed by atoms with E-state index in [9.17, 15) is 4.79 Å². The molecule has 0 bridgehead atoms. The number of pyridine rings is 1. The van der Waals surface area contributed by atoms with E-state index in [1.807, 2.05) is 59.9 Å². The predicted molar refractivity (Wildman–Crippen MR) is 114 cm³/mol. The molecule has 0 saturated carbocycles. The van der Waals surface area contributed by atoms with Crippen LogP contribution in [0.15, 0.2) is 58.2 Å². The SMILES string of the molecule is Cc1cc2nnc(SCC(=O)Nc3ccc(Br)cc3)n2c2ccc(Cl)cc12. The lowest BCUT2D eigenvalue weighted by Crippen LogP contribution is -2.14. The van der Waals surface area contributed by atoms with Crippen molar-refractivity contribution in [2.24, 2.45) is 0 Å². The van der Waals surface area contributed by atoms with Crippen molar-refractivity contribution in [3.63, 3.8) is 0 Å². The number of halogens is 2. The number of thioether (sulfide) groups is 1. The fourth-order valence-corrected chi connectivity index (χ4v) is 4.03. The molecule has 0 unspecified atom stereocenters. The van der Waals surface area contributed by atoms with Crippen LogP contribution < -0.4 is 5.32 Å². The molecule has 2 aromatic carbocycles. The molecular formula is C19H14BrClN4OS. The summed E-state index contributed by atoms with van der Waals surface area (Å²) in [4.78, 5) is 12.3.